The van der Waals surface area contributed by atoms with Crippen LogP contribution in [0.3, 0.4) is 0 Å². The zero-order valence-corrected chi connectivity index (χ0v) is 8.29. The summed E-state index contributed by atoms with van der Waals surface area (Å²) >= 11 is 0. The summed E-state index contributed by atoms with van der Waals surface area (Å²) in [5, 5.41) is 3.17. The smallest absolute Gasteiger partial charge is 0.160 e. The molecule has 2 aliphatic rings. The molecule has 76 valence electrons. The number of rotatable bonds is 2. The zero-order valence-electron chi connectivity index (χ0n) is 8.29. The van der Waals surface area contributed by atoms with E-state index in [-0.39, 0.29) is 6.29 Å². The molecule has 1 saturated heterocycles. The number of likely N-dealkylation sites (N-methyl/N-ethyl adjacent to an activating group) is 1. The van der Waals surface area contributed by atoms with Crippen molar-refractivity contribution in [2.24, 2.45) is 5.92 Å². The first kappa shape index (κ1) is 9.44. The first-order chi connectivity index (χ1) is 6.40. The highest BCUT2D eigenvalue weighted by Crippen LogP contribution is 2.30. The number of ether oxygens (including phenoxy) is 2. The third-order valence-electron chi connectivity index (χ3n) is 3.12. The molecule has 0 unspecified atom stereocenters. The number of hydrogen-bond acceptors (Lipinski definition) is 3. The fraction of sp³-hybridized carbons (Fsp3) is 1.00. The van der Waals surface area contributed by atoms with Gasteiger partial charge in [0.2, 0.25) is 0 Å². The Morgan fingerprint density at radius 2 is 1.69 bits per heavy atom. The van der Waals surface area contributed by atoms with Crippen molar-refractivity contribution in [2.75, 3.05) is 20.3 Å². The fourth-order valence-electron chi connectivity index (χ4n) is 2.19. The van der Waals surface area contributed by atoms with Crippen molar-refractivity contribution >= 4 is 0 Å². The highest BCUT2D eigenvalue weighted by molar-refractivity contribution is 4.75. The van der Waals surface area contributed by atoms with Crippen LogP contribution in [0.5, 0.6) is 0 Å². The molecule has 2 rings (SSSR count). The van der Waals surface area contributed by atoms with Crippen LogP contribution in [0.1, 0.15) is 25.7 Å². The fourth-order valence-corrected chi connectivity index (χ4v) is 2.19. The van der Waals surface area contributed by atoms with Gasteiger partial charge in [0, 0.05) is 5.92 Å². The molecule has 0 radical (unpaired) electrons. The number of hydrogen-bond donors (Lipinski definition) is 1. The van der Waals surface area contributed by atoms with Gasteiger partial charge in [-0.05, 0) is 19.9 Å². The molecular weight excluding hydrogens is 166 g/mol. The maximum atomic E-state index is 5.68. The van der Waals surface area contributed by atoms with E-state index in [1.165, 1.54) is 25.7 Å². The molecule has 1 heterocycles. The largest absolute Gasteiger partial charge is 0.351 e. The van der Waals surface area contributed by atoms with E-state index in [0.717, 1.165) is 13.2 Å². The molecule has 0 spiro atoms. The summed E-state index contributed by atoms with van der Waals surface area (Å²) in [4.78, 5) is 0. The van der Waals surface area contributed by atoms with E-state index < -0.39 is 0 Å². The first-order valence-corrected chi connectivity index (χ1v) is 5.30. The van der Waals surface area contributed by atoms with Gasteiger partial charge < -0.3 is 14.8 Å². The Labute approximate surface area is 79.8 Å². The third kappa shape index (κ3) is 2.22. The van der Waals surface area contributed by atoms with Gasteiger partial charge in [-0.15, -0.1) is 0 Å². The molecule has 3 nitrogen and oxygen atoms in total. The van der Waals surface area contributed by atoms with Gasteiger partial charge in [-0.25, -0.2) is 0 Å². The lowest BCUT2D eigenvalue weighted by Crippen LogP contribution is -2.45. The summed E-state index contributed by atoms with van der Waals surface area (Å²) in [7, 11) is 1.95. The highest BCUT2D eigenvalue weighted by Gasteiger charge is 2.30. The van der Waals surface area contributed by atoms with Crippen molar-refractivity contribution in [1.82, 2.24) is 5.32 Å². The van der Waals surface area contributed by atoms with E-state index >= 15 is 0 Å². The van der Waals surface area contributed by atoms with Crippen molar-refractivity contribution in [3.8, 4) is 0 Å². The average Bonchev–Trinajstić information content (AvgIpc) is 2.71. The Balaban J connectivity index is 1.77. The molecule has 0 aromatic rings. The van der Waals surface area contributed by atoms with Gasteiger partial charge in [-0.2, -0.15) is 0 Å². The lowest BCUT2D eigenvalue weighted by atomic mass is 10.1. The van der Waals surface area contributed by atoms with E-state index in [1.807, 2.05) is 7.05 Å². The summed E-state index contributed by atoms with van der Waals surface area (Å²) in [6.07, 6.45) is 5.36. The van der Waals surface area contributed by atoms with Crippen LogP contribution in [0, 0.1) is 5.92 Å². The van der Waals surface area contributed by atoms with Gasteiger partial charge in [0.05, 0.1) is 19.3 Å². The lowest BCUT2D eigenvalue weighted by molar-refractivity contribution is -0.212. The van der Waals surface area contributed by atoms with Crippen molar-refractivity contribution in [3.05, 3.63) is 0 Å². The van der Waals surface area contributed by atoms with Crippen molar-refractivity contribution < 1.29 is 9.47 Å². The molecule has 0 atom stereocenters. The molecule has 1 saturated carbocycles. The normalized spacial score (nSPS) is 36.7. The van der Waals surface area contributed by atoms with Crippen LogP contribution in [-0.4, -0.2) is 32.6 Å². The predicted molar refractivity (Wildman–Crippen MR) is 50.5 cm³/mol. The minimum Gasteiger partial charge on any atom is -0.351 e. The SMILES string of the molecule is CNC1COC(C2CCCC2)OC1. The van der Waals surface area contributed by atoms with Crippen LogP contribution in [0.2, 0.25) is 0 Å². The molecule has 0 aromatic carbocycles. The van der Waals surface area contributed by atoms with Gasteiger partial charge >= 0.3 is 0 Å². The zero-order chi connectivity index (χ0) is 9.10. The summed E-state index contributed by atoms with van der Waals surface area (Å²) in [6, 6.07) is 0.387. The monoisotopic (exact) mass is 185 g/mol. The third-order valence-corrected chi connectivity index (χ3v) is 3.12. The Morgan fingerprint density at radius 1 is 1.08 bits per heavy atom. The molecule has 1 aliphatic carbocycles. The molecule has 0 bridgehead atoms. The van der Waals surface area contributed by atoms with Gasteiger partial charge in [0.15, 0.2) is 6.29 Å². The Hall–Kier alpha value is -0.120. The summed E-state index contributed by atoms with van der Waals surface area (Å²) in [6.45, 7) is 1.61. The van der Waals surface area contributed by atoms with Crippen molar-refractivity contribution in [1.29, 1.82) is 0 Å². The minimum atomic E-state index is 0.0899. The van der Waals surface area contributed by atoms with Crippen LogP contribution < -0.4 is 5.32 Å². The van der Waals surface area contributed by atoms with Gasteiger partial charge in [-0.3, -0.25) is 0 Å². The quantitative estimate of drug-likeness (QED) is 0.699. The van der Waals surface area contributed by atoms with Crippen LogP contribution in [0.15, 0.2) is 0 Å². The van der Waals surface area contributed by atoms with Gasteiger partial charge in [0.1, 0.15) is 0 Å². The second-order valence-electron chi connectivity index (χ2n) is 4.07. The Bertz CT molecular complexity index is 149. The Kier molecular flexibility index (Phi) is 3.19. The standard InChI is InChI=1S/C10H19NO2/c1-11-9-6-12-10(13-7-9)8-4-2-3-5-8/h8-11H,2-7H2,1H3. The molecule has 13 heavy (non-hydrogen) atoms. The van der Waals surface area contributed by atoms with E-state index in [9.17, 15) is 0 Å². The van der Waals surface area contributed by atoms with E-state index in [0.29, 0.717) is 12.0 Å². The molecule has 1 aliphatic heterocycles. The minimum absolute atomic E-state index is 0.0899. The van der Waals surface area contributed by atoms with E-state index in [1.54, 1.807) is 0 Å². The maximum Gasteiger partial charge on any atom is 0.160 e. The topological polar surface area (TPSA) is 30.5 Å². The Morgan fingerprint density at radius 3 is 2.23 bits per heavy atom. The van der Waals surface area contributed by atoms with Crippen molar-refractivity contribution in [3.63, 3.8) is 0 Å². The van der Waals surface area contributed by atoms with Crippen LogP contribution in [0.4, 0.5) is 0 Å². The lowest BCUT2D eigenvalue weighted by Gasteiger charge is -2.32. The highest BCUT2D eigenvalue weighted by atomic mass is 16.7. The second kappa shape index (κ2) is 4.40. The van der Waals surface area contributed by atoms with Gasteiger partial charge in [-0.1, -0.05) is 12.8 Å². The summed E-state index contributed by atoms with van der Waals surface area (Å²) < 4.78 is 11.4. The maximum absolute atomic E-state index is 5.68. The molecule has 2 fully saturated rings. The van der Waals surface area contributed by atoms with Crippen molar-refractivity contribution in [2.45, 2.75) is 38.0 Å². The second-order valence-corrected chi connectivity index (χ2v) is 4.07. The molecule has 3 heteroatoms. The predicted octanol–water partition coefficient (Wildman–Crippen LogP) is 1.14. The van der Waals surface area contributed by atoms with Crippen LogP contribution >= 0.6 is 0 Å². The van der Waals surface area contributed by atoms with Gasteiger partial charge in [0.25, 0.3) is 0 Å². The van der Waals surface area contributed by atoms with Crippen LogP contribution in [0.25, 0.3) is 0 Å². The first-order valence-electron chi connectivity index (χ1n) is 5.30. The molecule has 0 amide bonds. The number of nitrogens with one attached hydrogen (secondary N) is 1. The summed E-state index contributed by atoms with van der Waals surface area (Å²) in [5.74, 6) is 0.665. The molecular formula is C10H19NO2. The average molecular weight is 185 g/mol. The van der Waals surface area contributed by atoms with E-state index in [4.69, 9.17) is 9.47 Å². The molecule has 0 aromatic heterocycles. The van der Waals surface area contributed by atoms with E-state index in [2.05, 4.69) is 5.32 Å². The molecule has 1 N–H and O–H groups in total. The van der Waals surface area contributed by atoms with Crippen LogP contribution in [-0.2, 0) is 9.47 Å². The summed E-state index contributed by atoms with van der Waals surface area (Å²) in [5.41, 5.74) is 0.